The molecule has 2 aromatic heterocycles. The highest BCUT2D eigenvalue weighted by Crippen LogP contribution is 2.24. The van der Waals surface area contributed by atoms with Crippen LogP contribution in [0.1, 0.15) is 15.9 Å². The average Bonchev–Trinajstić information content (AvgIpc) is 3.13. The number of rotatable bonds is 1. The van der Waals surface area contributed by atoms with Gasteiger partial charge in [-0.05, 0) is 18.2 Å². The van der Waals surface area contributed by atoms with Crippen LogP contribution < -0.4 is 9.47 Å². The molecule has 0 atom stereocenters. The molecule has 0 aromatic carbocycles. The molecule has 118 valence electrons. The molecule has 4 rings (SSSR count). The smallest absolute Gasteiger partial charge is 0.244 e. The molecule has 0 saturated carbocycles. The van der Waals surface area contributed by atoms with Crippen LogP contribution in [0.4, 0.5) is 0 Å². The van der Waals surface area contributed by atoms with Crippen molar-refractivity contribution in [2.75, 3.05) is 20.3 Å². The number of carbonyl (C=O) groups excluding carboxylic acids is 1. The van der Waals surface area contributed by atoms with E-state index < -0.39 is 0 Å². The van der Waals surface area contributed by atoms with Crippen molar-refractivity contribution in [3.8, 4) is 11.8 Å². The number of fused-ring (bicyclic) bond motifs is 2. The quantitative estimate of drug-likeness (QED) is 0.576. The maximum atomic E-state index is 10.9. The standard InChI is InChI=1S/C8H7ClN2O2.C6H4N2O2/c1-12-11-6-4-13-8-5(6)2-3-7(9)10-8;9-5-3-10-6-4(5)1-2-7-8-6/h2-3H,4H2,1H3;1-2H,3H2. The van der Waals surface area contributed by atoms with Gasteiger partial charge in [-0.3, -0.25) is 4.79 Å². The molecular formula is C14H11ClN4O4. The molecule has 0 unspecified atom stereocenters. The normalized spacial score (nSPS) is 15.9. The molecule has 0 radical (unpaired) electrons. The summed E-state index contributed by atoms with van der Waals surface area (Å²) >= 11 is 5.69. The number of nitrogens with zero attached hydrogens (tertiary/aromatic N) is 4. The molecule has 2 aliphatic rings. The molecule has 0 spiro atoms. The van der Waals surface area contributed by atoms with Crippen molar-refractivity contribution in [1.29, 1.82) is 0 Å². The van der Waals surface area contributed by atoms with Gasteiger partial charge in [-0.25, -0.2) is 4.98 Å². The summed E-state index contributed by atoms with van der Waals surface area (Å²) in [5.41, 5.74) is 2.11. The van der Waals surface area contributed by atoms with Crippen LogP contribution in [0.5, 0.6) is 11.8 Å². The largest absolute Gasteiger partial charge is 0.470 e. The zero-order valence-corrected chi connectivity index (χ0v) is 12.8. The summed E-state index contributed by atoms with van der Waals surface area (Å²) in [5, 5.41) is 11.4. The van der Waals surface area contributed by atoms with Gasteiger partial charge < -0.3 is 14.3 Å². The van der Waals surface area contributed by atoms with Crippen LogP contribution in [0.2, 0.25) is 5.15 Å². The van der Waals surface area contributed by atoms with E-state index in [2.05, 4.69) is 25.2 Å². The highest BCUT2D eigenvalue weighted by molar-refractivity contribution is 6.29. The Morgan fingerprint density at radius 2 is 2.00 bits per heavy atom. The minimum Gasteiger partial charge on any atom is -0.470 e. The highest BCUT2D eigenvalue weighted by atomic mass is 35.5. The second-order valence-electron chi connectivity index (χ2n) is 4.46. The van der Waals surface area contributed by atoms with Crippen LogP contribution >= 0.6 is 11.6 Å². The summed E-state index contributed by atoms with van der Waals surface area (Å²) in [6, 6.07) is 5.12. The number of carbonyl (C=O) groups is 1. The Morgan fingerprint density at radius 3 is 2.78 bits per heavy atom. The third-order valence-electron chi connectivity index (χ3n) is 3.01. The Hall–Kier alpha value is -2.74. The Kier molecular flexibility index (Phi) is 4.33. The van der Waals surface area contributed by atoms with Crippen molar-refractivity contribution in [2.45, 2.75) is 0 Å². The number of oxime groups is 1. The summed E-state index contributed by atoms with van der Waals surface area (Å²) in [5.74, 6) is 0.848. The van der Waals surface area contributed by atoms with Crippen molar-refractivity contribution in [1.82, 2.24) is 15.2 Å². The monoisotopic (exact) mass is 334 g/mol. The van der Waals surface area contributed by atoms with E-state index in [-0.39, 0.29) is 12.4 Å². The summed E-state index contributed by atoms with van der Waals surface area (Å²) in [6.45, 7) is 0.491. The number of halogens is 1. The first-order chi connectivity index (χ1) is 11.2. The Bertz CT molecular complexity index is 781. The van der Waals surface area contributed by atoms with Gasteiger partial charge >= 0.3 is 0 Å². The van der Waals surface area contributed by atoms with E-state index in [1.165, 1.54) is 13.3 Å². The number of ether oxygens (including phenoxy) is 2. The lowest BCUT2D eigenvalue weighted by Gasteiger charge is -1.95. The van der Waals surface area contributed by atoms with E-state index >= 15 is 0 Å². The lowest BCUT2D eigenvalue weighted by Crippen LogP contribution is -2.02. The van der Waals surface area contributed by atoms with E-state index in [0.29, 0.717) is 29.1 Å². The van der Waals surface area contributed by atoms with Crippen LogP contribution in [0.3, 0.4) is 0 Å². The van der Waals surface area contributed by atoms with E-state index in [1.54, 1.807) is 12.1 Å². The molecule has 2 aromatic rings. The van der Waals surface area contributed by atoms with Gasteiger partial charge in [-0.2, -0.15) is 5.10 Å². The predicted octanol–water partition coefficient (Wildman–Crippen LogP) is 1.53. The number of aromatic nitrogens is 3. The van der Waals surface area contributed by atoms with Gasteiger partial charge in [0.15, 0.2) is 6.61 Å². The Balaban J connectivity index is 0.000000140. The zero-order valence-electron chi connectivity index (χ0n) is 12.0. The third-order valence-corrected chi connectivity index (χ3v) is 3.22. The van der Waals surface area contributed by atoms with Crippen LogP contribution in [-0.2, 0) is 4.84 Å². The molecule has 0 bridgehead atoms. The van der Waals surface area contributed by atoms with Crippen molar-refractivity contribution in [3.63, 3.8) is 0 Å². The molecule has 0 saturated heterocycles. The van der Waals surface area contributed by atoms with E-state index in [9.17, 15) is 4.79 Å². The molecule has 0 N–H and O–H groups in total. The maximum absolute atomic E-state index is 10.9. The fraction of sp³-hybridized carbons (Fsp3) is 0.214. The summed E-state index contributed by atoms with van der Waals surface area (Å²) in [4.78, 5) is 19.5. The first-order valence-electron chi connectivity index (χ1n) is 6.56. The number of Topliss-reactive ketones (excluding diaryl/α,β-unsaturated/α-hetero) is 1. The van der Waals surface area contributed by atoms with Crippen molar-refractivity contribution >= 4 is 23.1 Å². The Labute approximate surface area is 136 Å². The van der Waals surface area contributed by atoms with Crippen molar-refractivity contribution < 1.29 is 19.1 Å². The number of pyridine rings is 1. The van der Waals surface area contributed by atoms with Gasteiger partial charge in [-0.15, -0.1) is 5.10 Å². The summed E-state index contributed by atoms with van der Waals surface area (Å²) in [6.07, 6.45) is 1.48. The van der Waals surface area contributed by atoms with Gasteiger partial charge in [0.1, 0.15) is 24.6 Å². The maximum Gasteiger partial charge on any atom is 0.244 e. The molecule has 0 fully saturated rings. The number of ketones is 1. The molecule has 2 aliphatic heterocycles. The van der Waals surface area contributed by atoms with Crippen LogP contribution in [0.15, 0.2) is 29.6 Å². The lowest BCUT2D eigenvalue weighted by molar-refractivity contribution is 0.0960. The SMILES string of the molecule is CON=C1COc2nc(Cl)ccc21.O=C1COc2nnccc21. The second-order valence-corrected chi connectivity index (χ2v) is 4.85. The fourth-order valence-corrected chi connectivity index (χ4v) is 2.14. The van der Waals surface area contributed by atoms with Crippen LogP contribution in [0, 0.1) is 0 Å². The fourth-order valence-electron chi connectivity index (χ4n) is 2.00. The minimum atomic E-state index is -0.0232. The summed E-state index contributed by atoms with van der Waals surface area (Å²) in [7, 11) is 1.49. The minimum absolute atomic E-state index is 0.0232. The second kappa shape index (κ2) is 6.57. The van der Waals surface area contributed by atoms with Gasteiger partial charge in [0, 0.05) is 0 Å². The first-order valence-corrected chi connectivity index (χ1v) is 6.94. The molecule has 0 amide bonds. The molecule has 23 heavy (non-hydrogen) atoms. The van der Waals surface area contributed by atoms with Crippen molar-refractivity contribution in [2.24, 2.45) is 5.16 Å². The molecule has 0 aliphatic carbocycles. The predicted molar refractivity (Wildman–Crippen MR) is 80.1 cm³/mol. The first kappa shape index (κ1) is 15.2. The van der Waals surface area contributed by atoms with E-state index in [1.807, 2.05) is 6.07 Å². The van der Waals surface area contributed by atoms with Crippen LogP contribution in [-0.4, -0.2) is 47.0 Å². The van der Waals surface area contributed by atoms with E-state index in [4.69, 9.17) is 21.1 Å². The lowest BCUT2D eigenvalue weighted by atomic mass is 10.2. The average molecular weight is 335 g/mol. The van der Waals surface area contributed by atoms with Gasteiger partial charge in [0.05, 0.1) is 17.3 Å². The van der Waals surface area contributed by atoms with Gasteiger partial charge in [-0.1, -0.05) is 16.8 Å². The van der Waals surface area contributed by atoms with Gasteiger partial charge in [0.2, 0.25) is 17.5 Å². The summed E-state index contributed by atoms with van der Waals surface area (Å²) < 4.78 is 10.1. The van der Waals surface area contributed by atoms with E-state index in [0.717, 1.165) is 11.3 Å². The molecule has 8 nitrogen and oxygen atoms in total. The molecule has 4 heterocycles. The topological polar surface area (TPSA) is 95.8 Å². The van der Waals surface area contributed by atoms with Gasteiger partial charge in [0.25, 0.3) is 0 Å². The Morgan fingerprint density at radius 1 is 1.17 bits per heavy atom. The molecular weight excluding hydrogens is 324 g/mol. The van der Waals surface area contributed by atoms with Crippen molar-refractivity contribution in [3.05, 3.63) is 40.7 Å². The number of hydrogen-bond donors (Lipinski definition) is 0. The molecule has 9 heteroatoms. The van der Waals surface area contributed by atoms with Crippen LogP contribution in [0.25, 0.3) is 0 Å². The number of hydrogen-bond acceptors (Lipinski definition) is 8. The highest BCUT2D eigenvalue weighted by Gasteiger charge is 2.22. The zero-order chi connectivity index (χ0) is 16.2. The third kappa shape index (κ3) is 3.21.